The molecule has 0 aliphatic heterocycles. The van der Waals surface area contributed by atoms with Crippen molar-refractivity contribution in [2.24, 2.45) is 0 Å². The number of aromatic nitrogens is 2. The van der Waals surface area contributed by atoms with E-state index in [4.69, 9.17) is 0 Å². The molecule has 0 saturated carbocycles. The minimum absolute atomic E-state index is 0.979. The van der Waals surface area contributed by atoms with Crippen LogP contribution in [0.3, 0.4) is 0 Å². The van der Waals surface area contributed by atoms with Gasteiger partial charge in [0.05, 0.1) is 10.6 Å². The van der Waals surface area contributed by atoms with E-state index in [0.717, 1.165) is 5.69 Å². The van der Waals surface area contributed by atoms with Gasteiger partial charge in [-0.15, -0.1) is 11.3 Å². The predicted octanol–water partition coefficient (Wildman–Crippen LogP) is 3.87. The molecule has 0 amide bonds. The summed E-state index contributed by atoms with van der Waals surface area (Å²) in [5, 5.41) is 0. The van der Waals surface area contributed by atoms with Gasteiger partial charge in [-0.2, -0.15) is 0 Å². The zero-order chi connectivity index (χ0) is 11.5. The van der Waals surface area contributed by atoms with Gasteiger partial charge in [0.1, 0.15) is 6.33 Å². The Bertz CT molecular complexity index is 548. The Morgan fingerprint density at radius 2 is 1.65 bits per heavy atom. The fraction of sp³-hybridized carbons (Fsp3) is 0. The van der Waals surface area contributed by atoms with Crippen LogP contribution in [0.15, 0.2) is 61.1 Å². The first kappa shape index (κ1) is 10.2. The summed E-state index contributed by atoms with van der Waals surface area (Å²) in [4.78, 5) is 10.6. The Hall–Kier alpha value is -2.00. The summed E-state index contributed by atoms with van der Waals surface area (Å²) in [5.74, 6) is 0. The molecule has 0 bridgehead atoms. The summed E-state index contributed by atoms with van der Waals surface area (Å²) in [7, 11) is 0. The fourth-order valence-electron chi connectivity index (χ4n) is 1.67. The van der Waals surface area contributed by atoms with Gasteiger partial charge in [-0.3, -0.25) is 0 Å². The molecule has 82 valence electrons. The maximum absolute atomic E-state index is 4.26. The van der Waals surface area contributed by atoms with E-state index >= 15 is 0 Å². The molecule has 1 aromatic carbocycles. The molecule has 3 rings (SSSR count). The van der Waals surface area contributed by atoms with Crippen molar-refractivity contribution < 1.29 is 0 Å². The largest absolute Gasteiger partial charge is 0.245 e. The molecule has 3 heteroatoms. The highest BCUT2D eigenvalue weighted by molar-refractivity contribution is 7.18. The highest BCUT2D eigenvalue weighted by Crippen LogP contribution is 2.32. The van der Waals surface area contributed by atoms with Crippen molar-refractivity contribution >= 4 is 11.3 Å². The summed E-state index contributed by atoms with van der Waals surface area (Å²) in [6.45, 7) is 0. The number of hydrogen-bond donors (Lipinski definition) is 0. The monoisotopic (exact) mass is 238 g/mol. The Kier molecular flexibility index (Phi) is 2.68. The van der Waals surface area contributed by atoms with E-state index in [2.05, 4.69) is 46.4 Å². The van der Waals surface area contributed by atoms with Crippen LogP contribution < -0.4 is 0 Å². The van der Waals surface area contributed by atoms with Crippen LogP contribution in [0.1, 0.15) is 0 Å². The average Bonchev–Trinajstić information content (AvgIpc) is 2.90. The van der Waals surface area contributed by atoms with Crippen LogP contribution in [0.5, 0.6) is 0 Å². The van der Waals surface area contributed by atoms with Gasteiger partial charge in [-0.25, -0.2) is 9.97 Å². The molecule has 0 unspecified atom stereocenters. The molecular weight excluding hydrogens is 228 g/mol. The molecule has 0 spiro atoms. The van der Waals surface area contributed by atoms with E-state index in [-0.39, 0.29) is 0 Å². The number of benzene rings is 1. The van der Waals surface area contributed by atoms with Crippen molar-refractivity contribution in [2.45, 2.75) is 0 Å². The minimum Gasteiger partial charge on any atom is -0.245 e. The van der Waals surface area contributed by atoms with Crippen molar-refractivity contribution in [2.75, 3.05) is 0 Å². The van der Waals surface area contributed by atoms with Crippen LogP contribution in [-0.4, -0.2) is 9.97 Å². The SMILES string of the molecule is c1ccc(-c2ccc(-c3ccncn3)s2)cc1. The molecule has 0 saturated heterocycles. The van der Waals surface area contributed by atoms with Gasteiger partial charge >= 0.3 is 0 Å². The molecule has 2 nitrogen and oxygen atoms in total. The Morgan fingerprint density at radius 1 is 0.824 bits per heavy atom. The first-order valence-electron chi connectivity index (χ1n) is 5.35. The smallest absolute Gasteiger partial charge is 0.116 e. The van der Waals surface area contributed by atoms with Crippen molar-refractivity contribution in [3.8, 4) is 21.0 Å². The quantitative estimate of drug-likeness (QED) is 0.677. The molecule has 2 heterocycles. The van der Waals surface area contributed by atoms with Crippen LogP contribution >= 0.6 is 11.3 Å². The van der Waals surface area contributed by atoms with Crippen LogP contribution in [0.4, 0.5) is 0 Å². The maximum Gasteiger partial charge on any atom is 0.116 e. The standard InChI is InChI=1S/C14H10N2S/c1-2-4-11(5-3-1)13-6-7-14(17-13)12-8-9-15-10-16-12/h1-10H. The second-order valence-corrected chi connectivity index (χ2v) is 4.71. The highest BCUT2D eigenvalue weighted by Gasteiger charge is 2.04. The Labute approximate surface area is 104 Å². The molecule has 0 aliphatic rings. The van der Waals surface area contributed by atoms with E-state index in [9.17, 15) is 0 Å². The van der Waals surface area contributed by atoms with Gasteiger partial charge in [0.15, 0.2) is 0 Å². The molecule has 0 aliphatic carbocycles. The van der Waals surface area contributed by atoms with E-state index in [1.807, 2.05) is 12.1 Å². The molecule has 3 aromatic rings. The minimum atomic E-state index is 0.979. The fourth-order valence-corrected chi connectivity index (χ4v) is 2.66. The van der Waals surface area contributed by atoms with Crippen molar-refractivity contribution in [3.05, 3.63) is 61.1 Å². The lowest BCUT2D eigenvalue weighted by Gasteiger charge is -1.95. The third-order valence-electron chi connectivity index (χ3n) is 2.50. The third-order valence-corrected chi connectivity index (χ3v) is 3.66. The van der Waals surface area contributed by atoms with Crippen molar-refractivity contribution in [3.63, 3.8) is 0 Å². The van der Waals surface area contributed by atoms with E-state index in [1.54, 1.807) is 23.9 Å². The zero-order valence-corrected chi connectivity index (χ0v) is 9.89. The summed E-state index contributed by atoms with van der Waals surface area (Å²) in [6, 6.07) is 16.6. The van der Waals surface area contributed by atoms with Gasteiger partial charge < -0.3 is 0 Å². The molecule has 0 atom stereocenters. The molecule has 0 N–H and O–H groups in total. The van der Waals surface area contributed by atoms with E-state index < -0.39 is 0 Å². The molecule has 0 radical (unpaired) electrons. The molecule has 2 aromatic heterocycles. The zero-order valence-electron chi connectivity index (χ0n) is 9.08. The van der Waals surface area contributed by atoms with E-state index in [1.165, 1.54) is 15.3 Å². The second-order valence-electron chi connectivity index (χ2n) is 3.62. The number of nitrogens with zero attached hydrogens (tertiary/aromatic N) is 2. The first-order valence-corrected chi connectivity index (χ1v) is 6.17. The Morgan fingerprint density at radius 3 is 2.41 bits per heavy atom. The summed E-state index contributed by atoms with van der Waals surface area (Å²) in [6.07, 6.45) is 3.35. The number of thiophene rings is 1. The van der Waals surface area contributed by atoms with Gasteiger partial charge in [-0.1, -0.05) is 30.3 Å². The van der Waals surface area contributed by atoms with E-state index in [0.29, 0.717) is 0 Å². The predicted molar refractivity (Wildman–Crippen MR) is 70.8 cm³/mol. The summed E-state index contributed by atoms with van der Waals surface area (Å²) < 4.78 is 0. The summed E-state index contributed by atoms with van der Waals surface area (Å²) in [5.41, 5.74) is 2.23. The van der Waals surface area contributed by atoms with Crippen LogP contribution in [0.25, 0.3) is 21.0 Å². The third kappa shape index (κ3) is 2.10. The van der Waals surface area contributed by atoms with Crippen LogP contribution in [0.2, 0.25) is 0 Å². The van der Waals surface area contributed by atoms with Crippen molar-refractivity contribution in [1.82, 2.24) is 9.97 Å². The van der Waals surface area contributed by atoms with Crippen LogP contribution in [0, 0.1) is 0 Å². The summed E-state index contributed by atoms with van der Waals surface area (Å²) >= 11 is 1.75. The number of hydrogen-bond acceptors (Lipinski definition) is 3. The topological polar surface area (TPSA) is 25.8 Å². The van der Waals surface area contributed by atoms with Crippen LogP contribution in [-0.2, 0) is 0 Å². The van der Waals surface area contributed by atoms with Gasteiger partial charge in [0.2, 0.25) is 0 Å². The second kappa shape index (κ2) is 4.47. The van der Waals surface area contributed by atoms with Gasteiger partial charge in [0.25, 0.3) is 0 Å². The molecule has 0 fully saturated rings. The maximum atomic E-state index is 4.26. The highest BCUT2D eigenvalue weighted by atomic mass is 32.1. The molecular formula is C14H10N2S. The lowest BCUT2D eigenvalue weighted by Crippen LogP contribution is -1.79. The normalized spacial score (nSPS) is 10.4. The van der Waals surface area contributed by atoms with Gasteiger partial charge in [0, 0.05) is 11.1 Å². The first-order chi connectivity index (χ1) is 8.43. The lowest BCUT2D eigenvalue weighted by molar-refractivity contribution is 1.18. The van der Waals surface area contributed by atoms with Crippen molar-refractivity contribution in [1.29, 1.82) is 0 Å². The number of rotatable bonds is 2. The Balaban J connectivity index is 1.99. The lowest BCUT2D eigenvalue weighted by atomic mass is 10.2. The average molecular weight is 238 g/mol. The molecule has 17 heavy (non-hydrogen) atoms. The van der Waals surface area contributed by atoms with Gasteiger partial charge in [-0.05, 0) is 23.8 Å².